The summed E-state index contributed by atoms with van der Waals surface area (Å²) in [4.78, 5) is 10.2. The van der Waals surface area contributed by atoms with Gasteiger partial charge in [-0.15, -0.1) is 0 Å². The Morgan fingerprint density at radius 1 is 1.15 bits per heavy atom. The highest BCUT2D eigenvalue weighted by molar-refractivity contribution is 7.85. The summed E-state index contributed by atoms with van der Waals surface area (Å²) >= 11 is 0. The number of aliphatic imine (C=N–C) groups is 1. The van der Waals surface area contributed by atoms with E-state index in [1.54, 1.807) is 0 Å². The number of rotatable bonds is 3. The maximum Gasteiger partial charge on any atom is 0.206 e. The van der Waals surface area contributed by atoms with Crippen molar-refractivity contribution in [2.45, 2.75) is 38.7 Å². The number of nitrogens with zero attached hydrogens (tertiary/aromatic N) is 2. The minimum absolute atomic E-state index is 0.329. The van der Waals surface area contributed by atoms with Crippen molar-refractivity contribution in [3.05, 3.63) is 70.3 Å². The van der Waals surface area contributed by atoms with E-state index in [1.807, 2.05) is 30.3 Å². The normalized spacial score (nSPS) is 25.6. The molecule has 1 unspecified atom stereocenters. The Kier molecular flexibility index (Phi) is 4.36. The smallest absolute Gasteiger partial charge is 0.206 e. The fraction of sp³-hybridized carbons (Fsp3) is 0.300. The van der Waals surface area contributed by atoms with Gasteiger partial charge in [0.05, 0.1) is 6.54 Å². The second kappa shape index (κ2) is 6.68. The van der Waals surface area contributed by atoms with E-state index in [9.17, 15) is 4.21 Å². The second-order valence-corrected chi connectivity index (χ2v) is 8.09. The Bertz CT molecular complexity index is 914. The molecule has 0 radical (unpaired) electrons. The zero-order chi connectivity index (χ0) is 18.3. The first kappa shape index (κ1) is 17.0. The van der Waals surface area contributed by atoms with Gasteiger partial charge in [0.15, 0.2) is 5.84 Å². The predicted octanol–water partition coefficient (Wildman–Crippen LogP) is 2.95. The fourth-order valence-electron chi connectivity index (χ4n) is 3.65. The number of oxime groups is 1. The second-order valence-electron chi connectivity index (χ2n) is 6.78. The maximum atomic E-state index is 12.7. The Morgan fingerprint density at radius 3 is 2.54 bits per heavy atom. The largest absolute Gasteiger partial charge is 0.382 e. The van der Waals surface area contributed by atoms with Crippen molar-refractivity contribution in [3.63, 3.8) is 0 Å². The minimum atomic E-state index is -1.31. The molecule has 4 rings (SSSR count). The number of nitrogens with one attached hydrogen (secondary N) is 1. The zero-order valence-corrected chi connectivity index (χ0v) is 15.8. The Hall–Kier alpha value is -2.47. The number of hydrogen-bond donors (Lipinski definition) is 1. The maximum absolute atomic E-state index is 12.7. The first-order valence-electron chi connectivity index (χ1n) is 8.62. The van der Waals surface area contributed by atoms with Crippen LogP contribution in [0.3, 0.4) is 0 Å². The van der Waals surface area contributed by atoms with Gasteiger partial charge in [0, 0.05) is 5.56 Å². The molecule has 2 aliphatic heterocycles. The topological polar surface area (TPSA) is 63.1 Å². The highest BCUT2D eigenvalue weighted by Gasteiger charge is 2.49. The third kappa shape index (κ3) is 2.94. The molecule has 26 heavy (non-hydrogen) atoms. The molecule has 5 nitrogen and oxygen atoms in total. The molecule has 1 fully saturated rings. The van der Waals surface area contributed by atoms with Gasteiger partial charge in [0.1, 0.15) is 21.9 Å². The molecule has 0 bridgehead atoms. The van der Waals surface area contributed by atoms with Gasteiger partial charge in [-0.3, -0.25) is 9.71 Å². The predicted molar refractivity (Wildman–Crippen MR) is 105 cm³/mol. The molecule has 1 N–H and O–H groups in total. The Balaban J connectivity index is 1.62. The van der Waals surface area contributed by atoms with E-state index in [-0.39, 0.29) is 5.25 Å². The van der Waals surface area contributed by atoms with E-state index in [0.717, 1.165) is 28.0 Å². The SMILES string of the molecule is Cc1cc(C)c(C2=NO[C@@H]3C(=NCc4ccccc4)NS(=O)[C@H]23)c(C)c1. The summed E-state index contributed by atoms with van der Waals surface area (Å²) in [5, 5.41) is 3.97. The van der Waals surface area contributed by atoms with E-state index in [4.69, 9.17) is 4.84 Å². The Morgan fingerprint density at radius 2 is 1.85 bits per heavy atom. The van der Waals surface area contributed by atoms with E-state index in [1.165, 1.54) is 5.56 Å². The molecular weight excluding hydrogens is 346 g/mol. The van der Waals surface area contributed by atoms with Gasteiger partial charge in [0.2, 0.25) is 6.10 Å². The van der Waals surface area contributed by atoms with E-state index in [2.05, 4.69) is 47.8 Å². The van der Waals surface area contributed by atoms with Crippen molar-refractivity contribution in [2.24, 2.45) is 10.1 Å². The van der Waals surface area contributed by atoms with Crippen molar-refractivity contribution >= 4 is 22.5 Å². The lowest BCUT2D eigenvalue weighted by Gasteiger charge is -2.13. The standard InChI is InChI=1S/C20H21N3O2S/c1-12-9-13(2)16(14(3)10-12)17-19-18(25-22-17)20(23-26(19)24)21-11-15-7-5-4-6-8-15/h4-10,18-19H,11H2,1-3H3,(H,21,23)/t18-,19+,26?/m0/s1. The molecule has 2 aromatic rings. The van der Waals surface area contributed by atoms with Crippen molar-refractivity contribution in [2.75, 3.05) is 0 Å². The molecule has 0 saturated carbocycles. The minimum Gasteiger partial charge on any atom is -0.382 e. The fourth-order valence-corrected chi connectivity index (χ4v) is 4.93. The summed E-state index contributed by atoms with van der Waals surface area (Å²) in [7, 11) is -1.31. The molecule has 0 aliphatic carbocycles. The van der Waals surface area contributed by atoms with Crippen molar-refractivity contribution in [1.29, 1.82) is 0 Å². The molecule has 2 heterocycles. The van der Waals surface area contributed by atoms with Crippen LogP contribution in [0.5, 0.6) is 0 Å². The lowest BCUT2D eigenvalue weighted by atomic mass is 9.93. The van der Waals surface area contributed by atoms with Crippen LogP contribution >= 0.6 is 0 Å². The molecule has 0 aromatic heterocycles. The molecule has 3 atom stereocenters. The molecular formula is C20H21N3O2S. The third-order valence-electron chi connectivity index (χ3n) is 4.72. The average Bonchev–Trinajstić information content (AvgIpc) is 3.15. The highest BCUT2D eigenvalue weighted by Crippen LogP contribution is 2.30. The summed E-state index contributed by atoms with van der Waals surface area (Å²) in [5.74, 6) is 0.610. The van der Waals surface area contributed by atoms with Crippen LogP contribution in [0.25, 0.3) is 0 Å². The van der Waals surface area contributed by atoms with Crippen LogP contribution in [-0.2, 0) is 22.4 Å². The van der Waals surface area contributed by atoms with Crippen molar-refractivity contribution in [1.82, 2.24) is 4.72 Å². The van der Waals surface area contributed by atoms with Crippen LogP contribution in [-0.4, -0.2) is 27.1 Å². The molecule has 1 saturated heterocycles. The molecule has 134 valence electrons. The van der Waals surface area contributed by atoms with Crippen LogP contribution in [0.15, 0.2) is 52.6 Å². The van der Waals surface area contributed by atoms with Gasteiger partial charge in [-0.1, -0.05) is 53.2 Å². The summed E-state index contributed by atoms with van der Waals surface area (Å²) in [6.07, 6.45) is -0.408. The van der Waals surface area contributed by atoms with Gasteiger partial charge in [-0.05, 0) is 37.5 Å². The van der Waals surface area contributed by atoms with Crippen molar-refractivity contribution in [3.8, 4) is 0 Å². The van der Waals surface area contributed by atoms with E-state index in [0.29, 0.717) is 12.4 Å². The summed E-state index contributed by atoms with van der Waals surface area (Å²) in [6.45, 7) is 6.70. The first-order chi connectivity index (χ1) is 12.5. The number of hydrogen-bond acceptors (Lipinski definition) is 4. The summed E-state index contributed by atoms with van der Waals surface area (Å²) in [5.41, 5.74) is 6.33. The van der Waals surface area contributed by atoms with Gasteiger partial charge >= 0.3 is 0 Å². The van der Waals surface area contributed by atoms with Crippen LogP contribution in [0, 0.1) is 20.8 Å². The monoisotopic (exact) mass is 367 g/mol. The summed E-state index contributed by atoms with van der Waals surface area (Å²) in [6, 6.07) is 14.2. The lowest BCUT2D eigenvalue weighted by molar-refractivity contribution is 0.135. The van der Waals surface area contributed by atoms with Crippen LogP contribution in [0.2, 0.25) is 0 Å². The summed E-state index contributed by atoms with van der Waals surface area (Å²) < 4.78 is 15.7. The van der Waals surface area contributed by atoms with Gasteiger partial charge in [-0.2, -0.15) is 0 Å². The molecule has 0 amide bonds. The quantitative estimate of drug-likeness (QED) is 0.907. The number of fused-ring (bicyclic) bond motifs is 1. The molecule has 0 spiro atoms. The molecule has 6 heteroatoms. The van der Waals surface area contributed by atoms with E-state index < -0.39 is 17.1 Å². The highest BCUT2D eigenvalue weighted by atomic mass is 32.2. The first-order valence-corrected chi connectivity index (χ1v) is 9.83. The number of amidine groups is 1. The number of aryl methyl sites for hydroxylation is 3. The van der Waals surface area contributed by atoms with Crippen LogP contribution in [0.1, 0.15) is 27.8 Å². The molecule has 2 aromatic carbocycles. The molecule has 2 aliphatic rings. The lowest BCUT2D eigenvalue weighted by Crippen LogP contribution is -2.31. The van der Waals surface area contributed by atoms with Gasteiger partial charge in [0.25, 0.3) is 0 Å². The average molecular weight is 367 g/mol. The van der Waals surface area contributed by atoms with Crippen molar-refractivity contribution < 1.29 is 9.05 Å². The zero-order valence-electron chi connectivity index (χ0n) is 15.0. The van der Waals surface area contributed by atoms with Crippen LogP contribution < -0.4 is 4.72 Å². The third-order valence-corrected chi connectivity index (χ3v) is 6.06. The van der Waals surface area contributed by atoms with Crippen LogP contribution in [0.4, 0.5) is 0 Å². The van der Waals surface area contributed by atoms with E-state index >= 15 is 0 Å². The van der Waals surface area contributed by atoms with Gasteiger partial charge < -0.3 is 4.84 Å². The number of benzene rings is 2. The Labute approximate surface area is 155 Å². The van der Waals surface area contributed by atoms with Gasteiger partial charge in [-0.25, -0.2) is 4.21 Å².